The highest BCUT2D eigenvalue weighted by molar-refractivity contribution is 7.27. The molecule has 0 saturated heterocycles. The number of hydrogen-bond donors (Lipinski definition) is 0. The summed E-state index contributed by atoms with van der Waals surface area (Å²) < 4.78 is 9.48. The zero-order chi connectivity index (χ0) is 53.8. The lowest BCUT2D eigenvalue weighted by atomic mass is 9.97. The Morgan fingerprint density at radius 1 is 0.195 bits per heavy atom. The van der Waals surface area contributed by atoms with E-state index in [0.717, 1.165) is 69.6 Å². The average molecular weight is 1120 g/mol. The van der Waals surface area contributed by atoms with Crippen LogP contribution in [0.2, 0.25) is 0 Å². The van der Waals surface area contributed by atoms with E-state index >= 15 is 0 Å². The molecule has 6 heterocycles. The van der Waals surface area contributed by atoms with E-state index < -0.39 is 0 Å². The van der Waals surface area contributed by atoms with Crippen molar-refractivity contribution in [3.8, 4) is 90.6 Å². The molecule has 17 rings (SSSR count). The van der Waals surface area contributed by atoms with Gasteiger partial charge < -0.3 is 0 Å². The number of thiophene rings is 4. The predicted molar refractivity (Wildman–Crippen MR) is 348 cm³/mol. The first-order chi connectivity index (χ1) is 40.6. The molecule has 0 N–H and O–H groups in total. The van der Waals surface area contributed by atoms with Gasteiger partial charge in [0, 0.05) is 114 Å². The first-order valence-corrected chi connectivity index (χ1v) is 30.3. The van der Waals surface area contributed by atoms with Crippen LogP contribution in [-0.2, 0) is 0 Å². The Bertz CT molecular complexity index is 5430. The quantitative estimate of drug-likeness (QED) is 0.151. The second-order valence-corrected chi connectivity index (χ2v) is 24.6. The molecule has 0 aliphatic heterocycles. The Morgan fingerprint density at radius 2 is 0.549 bits per heavy atom. The predicted octanol–water partition coefficient (Wildman–Crippen LogP) is 20.9. The first-order valence-electron chi connectivity index (χ1n) is 27.1. The SMILES string of the molecule is c1ccc(-c2nc(-c3cccc4c3sc3ccccc34)nc(-c3cccc4c3sc3ccc(-c5cccc6sc7c(-c8nc(-c9ccccc9-c9ccccc9)nc(-c9cccc%10c9sc9ccccc9%10)n8)cccc7c56)cc34)n2)cc1. The van der Waals surface area contributed by atoms with Crippen molar-refractivity contribution in [2.45, 2.75) is 0 Å². The van der Waals surface area contributed by atoms with Crippen LogP contribution in [0.1, 0.15) is 0 Å². The van der Waals surface area contributed by atoms with Crippen LogP contribution in [0, 0.1) is 0 Å². The molecule has 0 aliphatic carbocycles. The maximum atomic E-state index is 5.45. The highest BCUT2D eigenvalue weighted by Crippen LogP contribution is 2.48. The summed E-state index contributed by atoms with van der Waals surface area (Å²) in [7, 11) is 0. The van der Waals surface area contributed by atoms with Crippen LogP contribution in [0.15, 0.2) is 243 Å². The number of fused-ring (bicyclic) bond motifs is 12. The summed E-state index contributed by atoms with van der Waals surface area (Å²) >= 11 is 7.16. The fourth-order valence-corrected chi connectivity index (χ4v) is 16.7. The Labute approximate surface area is 485 Å². The van der Waals surface area contributed by atoms with E-state index in [2.05, 4.69) is 224 Å². The van der Waals surface area contributed by atoms with Crippen LogP contribution < -0.4 is 0 Å². The number of hydrogen-bond acceptors (Lipinski definition) is 10. The van der Waals surface area contributed by atoms with Gasteiger partial charge in [-0.15, -0.1) is 45.3 Å². The maximum absolute atomic E-state index is 5.45. The summed E-state index contributed by atoms with van der Waals surface area (Å²) in [4.78, 5) is 32.0. The zero-order valence-corrected chi connectivity index (χ0v) is 46.7. The molecule has 11 aromatic carbocycles. The summed E-state index contributed by atoms with van der Waals surface area (Å²) in [5.41, 5.74) is 10.3. The van der Waals surface area contributed by atoms with Gasteiger partial charge in [0.05, 0.1) is 0 Å². The van der Waals surface area contributed by atoms with Crippen molar-refractivity contribution >= 4 is 126 Å². The van der Waals surface area contributed by atoms with Gasteiger partial charge >= 0.3 is 0 Å². The molecular weight excluding hydrogens is 1080 g/mol. The van der Waals surface area contributed by atoms with E-state index in [0.29, 0.717) is 34.9 Å². The molecule has 82 heavy (non-hydrogen) atoms. The Hall–Kier alpha value is -9.68. The van der Waals surface area contributed by atoms with Gasteiger partial charge in [0.25, 0.3) is 0 Å². The van der Waals surface area contributed by atoms with Gasteiger partial charge in [0.15, 0.2) is 34.9 Å². The van der Waals surface area contributed by atoms with Gasteiger partial charge in [-0.2, -0.15) is 0 Å². The lowest BCUT2D eigenvalue weighted by molar-refractivity contribution is 1.08. The van der Waals surface area contributed by atoms with Gasteiger partial charge in [-0.05, 0) is 76.9 Å². The van der Waals surface area contributed by atoms with Crippen molar-refractivity contribution in [1.82, 2.24) is 29.9 Å². The zero-order valence-electron chi connectivity index (χ0n) is 43.4. The minimum Gasteiger partial charge on any atom is -0.208 e. The van der Waals surface area contributed by atoms with Crippen molar-refractivity contribution < 1.29 is 0 Å². The molecule has 6 nitrogen and oxygen atoms in total. The molecule has 0 unspecified atom stereocenters. The molecule has 0 atom stereocenters. The normalized spacial score (nSPS) is 11.9. The second-order valence-electron chi connectivity index (χ2n) is 20.4. The van der Waals surface area contributed by atoms with E-state index in [1.807, 2.05) is 18.2 Å². The fraction of sp³-hybridized carbons (Fsp3) is 0. The summed E-state index contributed by atoms with van der Waals surface area (Å²) in [5.74, 6) is 3.88. The van der Waals surface area contributed by atoms with Crippen molar-refractivity contribution in [1.29, 1.82) is 0 Å². The van der Waals surface area contributed by atoms with E-state index in [-0.39, 0.29) is 0 Å². The van der Waals surface area contributed by atoms with Crippen molar-refractivity contribution in [2.24, 2.45) is 0 Å². The minimum atomic E-state index is 0.633. The molecule has 0 amide bonds. The smallest absolute Gasteiger partial charge is 0.165 e. The topological polar surface area (TPSA) is 77.3 Å². The van der Waals surface area contributed by atoms with Gasteiger partial charge in [-0.1, -0.05) is 188 Å². The monoisotopic (exact) mass is 1120 g/mol. The molecule has 382 valence electrons. The van der Waals surface area contributed by atoms with Gasteiger partial charge in [0.2, 0.25) is 0 Å². The lowest BCUT2D eigenvalue weighted by Crippen LogP contribution is -2.01. The van der Waals surface area contributed by atoms with Crippen molar-refractivity contribution in [3.63, 3.8) is 0 Å². The Kier molecular flexibility index (Phi) is 10.9. The van der Waals surface area contributed by atoms with Gasteiger partial charge in [-0.25, -0.2) is 29.9 Å². The van der Waals surface area contributed by atoms with Crippen molar-refractivity contribution in [3.05, 3.63) is 243 Å². The molecule has 0 aliphatic rings. The fourth-order valence-electron chi connectivity index (χ4n) is 11.9. The van der Waals surface area contributed by atoms with Crippen molar-refractivity contribution in [2.75, 3.05) is 0 Å². The third-order valence-corrected chi connectivity index (χ3v) is 20.5. The van der Waals surface area contributed by atoms with Crippen LogP contribution in [-0.4, -0.2) is 29.9 Å². The molecule has 0 spiro atoms. The molecular formula is C72H40N6S4. The Morgan fingerprint density at radius 3 is 1.11 bits per heavy atom. The second kappa shape index (κ2) is 19.0. The van der Waals surface area contributed by atoms with Crippen LogP contribution >= 0.6 is 45.3 Å². The highest BCUT2D eigenvalue weighted by Gasteiger charge is 2.23. The lowest BCUT2D eigenvalue weighted by Gasteiger charge is -2.12. The first kappa shape index (κ1) is 47.2. The summed E-state index contributed by atoms with van der Waals surface area (Å²) in [5, 5.41) is 9.62. The van der Waals surface area contributed by atoms with E-state index in [9.17, 15) is 0 Å². The molecule has 17 aromatic rings. The number of nitrogens with zero attached hydrogens (tertiary/aromatic N) is 6. The average Bonchev–Trinajstić information content (AvgIpc) is 4.52. The van der Waals surface area contributed by atoms with Gasteiger partial charge in [-0.3, -0.25) is 0 Å². The number of rotatable bonds is 8. The van der Waals surface area contributed by atoms with Gasteiger partial charge in [0.1, 0.15) is 0 Å². The molecule has 0 radical (unpaired) electrons. The third-order valence-electron chi connectivity index (χ3n) is 15.7. The van der Waals surface area contributed by atoms with Crippen LogP contribution in [0.5, 0.6) is 0 Å². The van der Waals surface area contributed by atoms with E-state index in [1.165, 1.54) is 66.8 Å². The van der Waals surface area contributed by atoms with Crippen LogP contribution in [0.3, 0.4) is 0 Å². The number of aromatic nitrogens is 6. The molecule has 0 saturated carbocycles. The maximum Gasteiger partial charge on any atom is 0.165 e. The van der Waals surface area contributed by atoms with E-state index in [1.54, 1.807) is 45.3 Å². The molecule has 0 fully saturated rings. The highest BCUT2D eigenvalue weighted by atomic mass is 32.1. The molecule has 6 aromatic heterocycles. The van der Waals surface area contributed by atoms with Crippen LogP contribution in [0.25, 0.3) is 171 Å². The van der Waals surface area contributed by atoms with Crippen LogP contribution in [0.4, 0.5) is 0 Å². The molecule has 10 heteroatoms. The summed E-state index contributed by atoms with van der Waals surface area (Å²) in [6.45, 7) is 0. The Balaban J connectivity index is 0.813. The standard InChI is InChI=1S/C72H40N6S4/c1-3-18-41(19-4-1)44-22-7-8-25-51(44)68-75-71(54-32-14-28-49-47-24-10-12-36-59(47)80-64(49)54)78-72(76-68)56-34-16-30-52-62-45(26-17-37-61(62)82-66(52)56)43-38-39-60-57(40-43)50-29-15-33-55(65(50)81-60)70-74-67(42-20-5-2-6-21-42)73-69(77-70)53-31-13-27-48-46-23-9-11-35-58(46)79-63(48)53/h1-40H. The third kappa shape index (κ3) is 7.64. The minimum absolute atomic E-state index is 0.633. The van der Waals surface area contributed by atoms with E-state index in [4.69, 9.17) is 29.9 Å². The molecule has 0 bridgehead atoms. The largest absolute Gasteiger partial charge is 0.208 e. The summed E-state index contributed by atoms with van der Waals surface area (Å²) in [6.07, 6.45) is 0. The number of benzene rings is 11. The summed E-state index contributed by atoms with van der Waals surface area (Å²) in [6, 6.07) is 86.1.